The van der Waals surface area contributed by atoms with Crippen LogP contribution in [-0.4, -0.2) is 62.7 Å². The number of hydrogen-bond donors (Lipinski definition) is 0. The second-order valence-electron chi connectivity index (χ2n) is 6.86. The topological polar surface area (TPSA) is 72.0 Å². The molecule has 0 aliphatic heterocycles. The third-order valence-corrected chi connectivity index (χ3v) is 5.51. The fourth-order valence-electron chi connectivity index (χ4n) is 2.91. The number of amides is 1. The van der Waals surface area contributed by atoms with E-state index in [1.54, 1.807) is 29.2 Å². The maximum atomic E-state index is 13.3. The number of carbonyl (C=O) groups is 2. The number of thiazole rings is 1. The first-order valence-electron chi connectivity index (χ1n) is 9.62. The van der Waals surface area contributed by atoms with Crippen molar-refractivity contribution in [1.29, 1.82) is 0 Å². The second-order valence-corrected chi connectivity index (χ2v) is 7.87. The third-order valence-electron chi connectivity index (χ3n) is 4.47. The minimum atomic E-state index is -0.437. The van der Waals surface area contributed by atoms with E-state index in [2.05, 4.69) is 0 Å². The largest absolute Gasteiger partial charge is 0.492 e. The van der Waals surface area contributed by atoms with E-state index < -0.39 is 5.97 Å². The maximum absolute atomic E-state index is 13.3. The average Bonchev–Trinajstić information content (AvgIpc) is 3.18. The lowest BCUT2D eigenvalue weighted by atomic mass is 10.1. The number of likely N-dealkylation sites (N-methyl/N-ethyl adjacent to an activating group) is 1. The Kier molecular flexibility index (Phi) is 7.02. The molecule has 0 aliphatic carbocycles. The fourth-order valence-corrected chi connectivity index (χ4v) is 3.91. The average molecular weight is 428 g/mol. The number of ether oxygens (including phenoxy) is 2. The lowest BCUT2D eigenvalue weighted by molar-refractivity contribution is 0.0600. The molecule has 0 saturated carbocycles. The number of fused-ring (bicyclic) bond motifs is 1. The summed E-state index contributed by atoms with van der Waals surface area (Å²) in [4.78, 5) is 33.4. The number of aromatic nitrogens is 1. The number of anilines is 1. The summed E-state index contributed by atoms with van der Waals surface area (Å²) in [5.74, 6) is 0.0957. The molecule has 158 valence electrons. The van der Waals surface area contributed by atoms with Gasteiger partial charge in [-0.05, 0) is 57.4 Å². The molecular weight excluding hydrogens is 402 g/mol. The fraction of sp³-hybridized carbons (Fsp3) is 0.318. The molecule has 0 radical (unpaired) electrons. The molecule has 0 saturated heterocycles. The van der Waals surface area contributed by atoms with Crippen LogP contribution in [0.3, 0.4) is 0 Å². The van der Waals surface area contributed by atoms with Crippen LogP contribution in [0.25, 0.3) is 10.2 Å². The zero-order chi connectivity index (χ0) is 21.7. The Morgan fingerprint density at radius 2 is 1.73 bits per heavy atom. The van der Waals surface area contributed by atoms with Crippen LogP contribution in [-0.2, 0) is 4.74 Å². The highest BCUT2D eigenvalue weighted by molar-refractivity contribution is 7.22. The lowest BCUT2D eigenvalue weighted by Crippen LogP contribution is -2.36. The number of rotatable bonds is 8. The van der Waals surface area contributed by atoms with Gasteiger partial charge in [-0.2, -0.15) is 0 Å². The standard InChI is InChI=1S/C22H25N3O4S/c1-5-29-17-7-6-8-18-19(17)23-22(30-18)25(14-13-24(2)3)20(26)15-9-11-16(12-10-15)21(27)28-4/h6-12H,5,13-14H2,1-4H3. The van der Waals surface area contributed by atoms with Gasteiger partial charge < -0.3 is 14.4 Å². The molecule has 0 aliphatic rings. The predicted octanol–water partition coefficient (Wildman–Crippen LogP) is 3.69. The molecule has 3 aromatic rings. The van der Waals surface area contributed by atoms with Gasteiger partial charge in [-0.3, -0.25) is 9.69 Å². The van der Waals surface area contributed by atoms with Crippen molar-refractivity contribution in [2.24, 2.45) is 0 Å². The molecular formula is C22H25N3O4S. The first-order chi connectivity index (χ1) is 14.4. The Morgan fingerprint density at radius 3 is 2.37 bits per heavy atom. The number of methoxy groups -OCH3 is 1. The van der Waals surface area contributed by atoms with E-state index in [1.165, 1.54) is 18.4 Å². The summed E-state index contributed by atoms with van der Waals surface area (Å²) in [6, 6.07) is 12.2. The van der Waals surface area contributed by atoms with Gasteiger partial charge in [-0.25, -0.2) is 9.78 Å². The molecule has 1 aromatic heterocycles. The van der Waals surface area contributed by atoms with Crippen LogP contribution in [0.4, 0.5) is 5.13 Å². The summed E-state index contributed by atoms with van der Waals surface area (Å²) >= 11 is 1.45. The Morgan fingerprint density at radius 1 is 1.03 bits per heavy atom. The first kappa shape index (κ1) is 21.7. The molecule has 0 unspecified atom stereocenters. The highest BCUT2D eigenvalue weighted by atomic mass is 32.1. The molecule has 0 fully saturated rings. The van der Waals surface area contributed by atoms with Crippen LogP contribution in [0.1, 0.15) is 27.6 Å². The van der Waals surface area contributed by atoms with Crippen molar-refractivity contribution in [2.45, 2.75) is 6.92 Å². The quantitative estimate of drug-likeness (QED) is 0.511. The summed E-state index contributed by atoms with van der Waals surface area (Å²) in [7, 11) is 5.24. The smallest absolute Gasteiger partial charge is 0.337 e. The van der Waals surface area contributed by atoms with Crippen molar-refractivity contribution >= 4 is 38.6 Å². The van der Waals surface area contributed by atoms with E-state index in [9.17, 15) is 9.59 Å². The van der Waals surface area contributed by atoms with Gasteiger partial charge in [-0.15, -0.1) is 0 Å². The highest BCUT2D eigenvalue weighted by Crippen LogP contribution is 2.34. The Balaban J connectivity index is 1.96. The van der Waals surface area contributed by atoms with Gasteiger partial charge in [0, 0.05) is 18.7 Å². The minimum absolute atomic E-state index is 0.176. The molecule has 3 rings (SSSR count). The van der Waals surface area contributed by atoms with Crippen LogP contribution in [0.2, 0.25) is 0 Å². The van der Waals surface area contributed by atoms with Crippen LogP contribution in [0, 0.1) is 0 Å². The van der Waals surface area contributed by atoms with Crippen LogP contribution in [0.15, 0.2) is 42.5 Å². The van der Waals surface area contributed by atoms with Gasteiger partial charge in [0.05, 0.1) is 24.0 Å². The van der Waals surface area contributed by atoms with Gasteiger partial charge in [0.1, 0.15) is 11.3 Å². The summed E-state index contributed by atoms with van der Waals surface area (Å²) in [6.07, 6.45) is 0. The van der Waals surface area contributed by atoms with Gasteiger partial charge in [0.2, 0.25) is 0 Å². The van der Waals surface area contributed by atoms with Crippen molar-refractivity contribution in [3.63, 3.8) is 0 Å². The monoisotopic (exact) mass is 427 g/mol. The second kappa shape index (κ2) is 9.69. The predicted molar refractivity (Wildman–Crippen MR) is 119 cm³/mol. The normalized spacial score (nSPS) is 11.0. The van der Waals surface area contributed by atoms with Crippen molar-refractivity contribution in [3.05, 3.63) is 53.6 Å². The van der Waals surface area contributed by atoms with Gasteiger partial charge >= 0.3 is 5.97 Å². The molecule has 30 heavy (non-hydrogen) atoms. The van der Waals surface area contributed by atoms with E-state index in [0.29, 0.717) is 41.7 Å². The first-order valence-corrected chi connectivity index (χ1v) is 10.4. The Hall–Kier alpha value is -2.97. The van der Waals surface area contributed by atoms with E-state index in [-0.39, 0.29) is 5.91 Å². The van der Waals surface area contributed by atoms with E-state index in [0.717, 1.165) is 10.2 Å². The van der Waals surface area contributed by atoms with Crippen molar-refractivity contribution < 1.29 is 19.1 Å². The third kappa shape index (κ3) is 4.77. The van der Waals surface area contributed by atoms with Gasteiger partial charge in [0.15, 0.2) is 5.13 Å². The molecule has 2 aromatic carbocycles. The number of carbonyl (C=O) groups excluding carboxylic acids is 2. The molecule has 0 N–H and O–H groups in total. The van der Waals surface area contributed by atoms with Crippen LogP contribution in [0.5, 0.6) is 5.75 Å². The number of esters is 1. The molecule has 0 atom stereocenters. The van der Waals surface area contributed by atoms with Crippen molar-refractivity contribution in [1.82, 2.24) is 9.88 Å². The van der Waals surface area contributed by atoms with Crippen molar-refractivity contribution in [2.75, 3.05) is 45.8 Å². The summed E-state index contributed by atoms with van der Waals surface area (Å²) < 4.78 is 11.4. The van der Waals surface area contributed by atoms with E-state index in [1.807, 2.05) is 44.1 Å². The Labute approximate surface area is 179 Å². The van der Waals surface area contributed by atoms with E-state index >= 15 is 0 Å². The zero-order valence-corrected chi connectivity index (χ0v) is 18.4. The lowest BCUT2D eigenvalue weighted by Gasteiger charge is -2.22. The molecule has 7 nitrogen and oxygen atoms in total. The summed E-state index contributed by atoms with van der Waals surface area (Å²) in [5.41, 5.74) is 1.63. The SMILES string of the molecule is CCOc1cccc2sc(N(CCN(C)C)C(=O)c3ccc(C(=O)OC)cc3)nc12. The van der Waals surface area contributed by atoms with Gasteiger partial charge in [0.25, 0.3) is 5.91 Å². The molecule has 8 heteroatoms. The highest BCUT2D eigenvalue weighted by Gasteiger charge is 2.22. The molecule has 1 amide bonds. The maximum Gasteiger partial charge on any atom is 0.337 e. The Bertz CT molecular complexity index is 1030. The summed E-state index contributed by atoms with van der Waals surface area (Å²) in [6.45, 7) is 3.63. The number of hydrogen-bond acceptors (Lipinski definition) is 7. The van der Waals surface area contributed by atoms with Crippen LogP contribution < -0.4 is 9.64 Å². The number of para-hydroxylation sites is 1. The van der Waals surface area contributed by atoms with Gasteiger partial charge in [-0.1, -0.05) is 17.4 Å². The zero-order valence-electron chi connectivity index (χ0n) is 17.5. The molecule has 0 bridgehead atoms. The molecule has 1 heterocycles. The van der Waals surface area contributed by atoms with Crippen molar-refractivity contribution in [3.8, 4) is 5.75 Å². The van der Waals surface area contributed by atoms with Crippen LogP contribution >= 0.6 is 11.3 Å². The number of benzene rings is 2. The molecule has 0 spiro atoms. The number of nitrogens with zero attached hydrogens (tertiary/aromatic N) is 3. The minimum Gasteiger partial charge on any atom is -0.492 e. The van der Waals surface area contributed by atoms with E-state index in [4.69, 9.17) is 14.5 Å². The summed E-state index contributed by atoms with van der Waals surface area (Å²) in [5, 5.41) is 0.612.